The summed E-state index contributed by atoms with van der Waals surface area (Å²) >= 11 is 6.26. The lowest BCUT2D eigenvalue weighted by Crippen LogP contribution is -2.35. The topological polar surface area (TPSA) is 56.1 Å². The van der Waals surface area contributed by atoms with Crippen LogP contribution in [0.2, 0.25) is 5.02 Å². The molecule has 1 N–H and O–H groups in total. The number of nitrogens with zero attached hydrogens (tertiary/aromatic N) is 2. The zero-order chi connectivity index (χ0) is 22.6. The van der Waals surface area contributed by atoms with Gasteiger partial charge in [0.2, 0.25) is 5.91 Å². The molecule has 3 rings (SSSR count). The maximum absolute atomic E-state index is 12.1. The van der Waals surface area contributed by atoms with Gasteiger partial charge < -0.3 is 14.6 Å². The molecule has 0 spiro atoms. The van der Waals surface area contributed by atoms with Crippen LogP contribution in [0.15, 0.2) is 36.4 Å². The van der Waals surface area contributed by atoms with E-state index in [1.807, 2.05) is 65.0 Å². The molecular formula is C25H32ClN3O2. The highest BCUT2D eigenvalue weighted by Crippen LogP contribution is 2.26. The summed E-state index contributed by atoms with van der Waals surface area (Å²) in [5.74, 6) is 1.91. The number of hydrogen-bond acceptors (Lipinski definition) is 3. The first-order chi connectivity index (χ1) is 14.7. The first kappa shape index (κ1) is 23.1. The van der Waals surface area contributed by atoms with Crippen molar-refractivity contribution in [2.45, 2.75) is 54.0 Å². The summed E-state index contributed by atoms with van der Waals surface area (Å²) in [4.78, 5) is 16.9. The zero-order valence-electron chi connectivity index (χ0n) is 19.1. The van der Waals surface area contributed by atoms with Gasteiger partial charge in [-0.05, 0) is 55.7 Å². The fourth-order valence-corrected chi connectivity index (χ4v) is 3.63. The molecule has 1 amide bonds. The van der Waals surface area contributed by atoms with Crippen molar-refractivity contribution in [3.63, 3.8) is 0 Å². The quantitative estimate of drug-likeness (QED) is 0.471. The number of carbonyl (C=O) groups excluding carboxylic acids is 1. The average molecular weight is 442 g/mol. The number of rotatable bonds is 8. The standard InChI is InChI=1S/C25H32ClN3O2/c1-17-15-19(16-18(2)23(17)26)31-14-13-29-21-10-7-6-9-20(21)28-22(29)11-8-12-27-24(30)25(3,4)5/h6-7,9-10,15-16H,8,11-14H2,1-5H3,(H,27,30). The Labute approximate surface area is 189 Å². The Morgan fingerprint density at radius 1 is 1.16 bits per heavy atom. The number of ether oxygens (including phenoxy) is 1. The number of benzene rings is 2. The molecule has 0 unspecified atom stereocenters. The number of amides is 1. The molecule has 0 saturated heterocycles. The molecular weight excluding hydrogens is 410 g/mol. The second-order valence-electron chi connectivity index (χ2n) is 9.00. The molecule has 0 saturated carbocycles. The van der Waals surface area contributed by atoms with Gasteiger partial charge >= 0.3 is 0 Å². The van der Waals surface area contributed by atoms with Gasteiger partial charge in [-0.1, -0.05) is 44.5 Å². The minimum Gasteiger partial charge on any atom is -0.492 e. The van der Waals surface area contributed by atoms with Crippen LogP contribution in [-0.4, -0.2) is 28.6 Å². The van der Waals surface area contributed by atoms with Crippen LogP contribution in [0.3, 0.4) is 0 Å². The van der Waals surface area contributed by atoms with E-state index in [0.717, 1.165) is 51.6 Å². The third-order valence-corrected chi connectivity index (χ3v) is 5.87. The SMILES string of the molecule is Cc1cc(OCCn2c(CCCNC(=O)C(C)(C)C)nc3ccccc32)cc(C)c1Cl. The molecule has 0 bridgehead atoms. The number of halogens is 1. The molecule has 0 radical (unpaired) electrons. The monoisotopic (exact) mass is 441 g/mol. The maximum Gasteiger partial charge on any atom is 0.225 e. The molecule has 0 atom stereocenters. The van der Waals surface area contributed by atoms with Crippen molar-refractivity contribution in [3.05, 3.63) is 58.4 Å². The summed E-state index contributed by atoms with van der Waals surface area (Å²) in [6.45, 7) is 11.6. The maximum atomic E-state index is 12.1. The summed E-state index contributed by atoms with van der Waals surface area (Å²) in [5.41, 5.74) is 3.74. The molecule has 1 aromatic heterocycles. The Hall–Kier alpha value is -2.53. The average Bonchev–Trinajstić information content (AvgIpc) is 3.06. The Bertz CT molecular complexity index is 1040. The summed E-state index contributed by atoms with van der Waals surface area (Å²) in [5, 5.41) is 3.80. The van der Waals surface area contributed by atoms with Crippen LogP contribution < -0.4 is 10.1 Å². The largest absolute Gasteiger partial charge is 0.492 e. The van der Waals surface area contributed by atoms with Gasteiger partial charge in [0.25, 0.3) is 0 Å². The second kappa shape index (κ2) is 9.73. The highest BCUT2D eigenvalue weighted by Gasteiger charge is 2.20. The van der Waals surface area contributed by atoms with E-state index in [0.29, 0.717) is 19.7 Å². The Morgan fingerprint density at radius 3 is 2.52 bits per heavy atom. The molecule has 1 heterocycles. The molecule has 0 fully saturated rings. The van der Waals surface area contributed by atoms with E-state index >= 15 is 0 Å². The van der Waals surface area contributed by atoms with Crippen molar-refractivity contribution in [2.75, 3.05) is 13.2 Å². The second-order valence-corrected chi connectivity index (χ2v) is 9.38. The number of aryl methyl sites for hydroxylation is 3. The zero-order valence-corrected chi connectivity index (χ0v) is 19.8. The van der Waals surface area contributed by atoms with Crippen molar-refractivity contribution in [2.24, 2.45) is 5.41 Å². The third kappa shape index (κ3) is 5.79. The van der Waals surface area contributed by atoms with Gasteiger partial charge in [0.1, 0.15) is 18.2 Å². The van der Waals surface area contributed by atoms with Gasteiger partial charge in [0, 0.05) is 23.4 Å². The molecule has 31 heavy (non-hydrogen) atoms. The summed E-state index contributed by atoms with van der Waals surface area (Å²) < 4.78 is 8.25. The molecule has 2 aromatic carbocycles. The van der Waals surface area contributed by atoms with E-state index in [1.54, 1.807) is 0 Å². The Morgan fingerprint density at radius 2 is 1.84 bits per heavy atom. The van der Waals surface area contributed by atoms with Gasteiger partial charge in [-0.15, -0.1) is 0 Å². The number of para-hydroxylation sites is 2. The van der Waals surface area contributed by atoms with Gasteiger partial charge in [-0.2, -0.15) is 0 Å². The molecule has 6 heteroatoms. The van der Waals surface area contributed by atoms with Crippen LogP contribution in [0.5, 0.6) is 5.75 Å². The lowest BCUT2D eigenvalue weighted by Gasteiger charge is -2.17. The number of fused-ring (bicyclic) bond motifs is 1. The van der Waals surface area contributed by atoms with Gasteiger partial charge in [-0.3, -0.25) is 4.79 Å². The van der Waals surface area contributed by atoms with Crippen molar-refractivity contribution in [1.82, 2.24) is 14.9 Å². The van der Waals surface area contributed by atoms with Crippen LogP contribution in [0.25, 0.3) is 11.0 Å². The number of carbonyl (C=O) groups is 1. The fourth-order valence-electron chi connectivity index (χ4n) is 3.52. The Balaban J connectivity index is 1.66. The predicted octanol–water partition coefficient (Wildman–Crippen LogP) is 5.48. The minimum absolute atomic E-state index is 0.0722. The number of hydrogen-bond donors (Lipinski definition) is 1. The smallest absolute Gasteiger partial charge is 0.225 e. The van der Waals surface area contributed by atoms with E-state index in [9.17, 15) is 4.79 Å². The van der Waals surface area contributed by atoms with E-state index < -0.39 is 0 Å². The lowest BCUT2D eigenvalue weighted by atomic mass is 9.96. The van der Waals surface area contributed by atoms with E-state index in [-0.39, 0.29) is 11.3 Å². The highest BCUT2D eigenvalue weighted by molar-refractivity contribution is 6.32. The first-order valence-corrected chi connectivity index (χ1v) is 11.2. The van der Waals surface area contributed by atoms with E-state index in [2.05, 4.69) is 16.0 Å². The van der Waals surface area contributed by atoms with Crippen LogP contribution in [0, 0.1) is 19.3 Å². The van der Waals surface area contributed by atoms with Gasteiger partial charge in [0.05, 0.1) is 17.6 Å². The van der Waals surface area contributed by atoms with Crippen LogP contribution >= 0.6 is 11.6 Å². The van der Waals surface area contributed by atoms with E-state index in [1.165, 1.54) is 0 Å². The summed E-state index contributed by atoms with van der Waals surface area (Å²) in [7, 11) is 0. The van der Waals surface area contributed by atoms with Crippen molar-refractivity contribution in [1.29, 1.82) is 0 Å². The molecule has 5 nitrogen and oxygen atoms in total. The number of aromatic nitrogens is 2. The molecule has 166 valence electrons. The molecule has 0 aliphatic heterocycles. The number of nitrogens with one attached hydrogen (secondary N) is 1. The van der Waals surface area contributed by atoms with Crippen LogP contribution in [0.4, 0.5) is 0 Å². The van der Waals surface area contributed by atoms with Crippen molar-refractivity contribution < 1.29 is 9.53 Å². The fraction of sp³-hybridized carbons (Fsp3) is 0.440. The molecule has 3 aromatic rings. The van der Waals surface area contributed by atoms with Crippen molar-refractivity contribution in [3.8, 4) is 5.75 Å². The van der Waals surface area contributed by atoms with Gasteiger partial charge in [-0.25, -0.2) is 4.98 Å². The minimum atomic E-state index is -0.372. The van der Waals surface area contributed by atoms with Crippen LogP contribution in [0.1, 0.15) is 44.1 Å². The first-order valence-electron chi connectivity index (χ1n) is 10.8. The normalized spacial score (nSPS) is 11.7. The van der Waals surface area contributed by atoms with Crippen LogP contribution in [-0.2, 0) is 17.8 Å². The number of imidazole rings is 1. The highest BCUT2D eigenvalue weighted by atomic mass is 35.5. The summed E-state index contributed by atoms with van der Waals surface area (Å²) in [6.07, 6.45) is 1.62. The van der Waals surface area contributed by atoms with Crippen molar-refractivity contribution >= 4 is 28.5 Å². The lowest BCUT2D eigenvalue weighted by molar-refractivity contribution is -0.128. The summed E-state index contributed by atoms with van der Waals surface area (Å²) in [6, 6.07) is 12.1. The van der Waals surface area contributed by atoms with E-state index in [4.69, 9.17) is 21.3 Å². The third-order valence-electron chi connectivity index (χ3n) is 5.27. The van der Waals surface area contributed by atoms with Gasteiger partial charge in [0.15, 0.2) is 0 Å². The molecule has 0 aliphatic rings. The predicted molar refractivity (Wildman–Crippen MR) is 127 cm³/mol. The Kier molecular flexibility index (Phi) is 7.26. The molecule has 0 aliphatic carbocycles.